The second kappa shape index (κ2) is 5.51. The molecule has 0 aliphatic rings. The topological polar surface area (TPSA) is 85.3 Å². The van der Waals surface area contributed by atoms with Gasteiger partial charge >= 0.3 is 0 Å². The summed E-state index contributed by atoms with van der Waals surface area (Å²) in [6.45, 7) is -0.0923. The van der Waals surface area contributed by atoms with E-state index < -0.39 is 26.8 Å². The van der Waals surface area contributed by atoms with Gasteiger partial charge in [0.2, 0.25) is 5.09 Å². The van der Waals surface area contributed by atoms with Crippen molar-refractivity contribution in [2.45, 2.75) is 11.6 Å². The minimum atomic E-state index is -3.94. The average molecular weight is 367 g/mol. The van der Waals surface area contributed by atoms with Crippen LogP contribution in [0.2, 0.25) is 0 Å². The Hall–Kier alpha value is -1.45. The Morgan fingerprint density at radius 3 is 2.35 bits per heavy atom. The van der Waals surface area contributed by atoms with Gasteiger partial charge in [-0.2, -0.15) is 0 Å². The van der Waals surface area contributed by atoms with E-state index >= 15 is 0 Å². The van der Waals surface area contributed by atoms with Gasteiger partial charge in [-0.25, -0.2) is 22.3 Å². The van der Waals surface area contributed by atoms with E-state index in [1.165, 1.54) is 12.1 Å². The molecule has 0 atom stereocenters. The van der Waals surface area contributed by atoms with Crippen molar-refractivity contribution in [3.05, 3.63) is 46.1 Å². The molecule has 0 radical (unpaired) electrons. The van der Waals surface area contributed by atoms with E-state index in [2.05, 4.69) is 21.2 Å². The van der Waals surface area contributed by atoms with Gasteiger partial charge in [-0.1, -0.05) is 15.9 Å². The maximum atomic E-state index is 13.5. The molecule has 2 aromatic rings. The normalized spacial score (nSPS) is 11.6. The molecule has 9 heteroatoms. The van der Waals surface area contributed by atoms with Gasteiger partial charge in [0.15, 0.2) is 0 Å². The SMILES string of the molecule is NS(=O)(=O)c1ccc(CNc2c(F)cc(Br)cc2F)o1. The van der Waals surface area contributed by atoms with E-state index in [0.717, 1.165) is 12.1 Å². The molecule has 0 saturated heterocycles. The Balaban J connectivity index is 2.16. The molecule has 0 unspecified atom stereocenters. The van der Waals surface area contributed by atoms with Gasteiger partial charge in [-0.3, -0.25) is 0 Å². The third-order valence-electron chi connectivity index (χ3n) is 2.36. The Bertz CT molecular complexity index is 723. The minimum absolute atomic E-state index is 0.0923. The zero-order valence-electron chi connectivity index (χ0n) is 9.86. The van der Waals surface area contributed by atoms with Crippen LogP contribution in [0.15, 0.2) is 38.2 Å². The molecular formula is C11H9BrF2N2O3S. The van der Waals surface area contributed by atoms with Crippen LogP contribution in [-0.4, -0.2) is 8.42 Å². The number of benzene rings is 1. The number of furan rings is 1. The fraction of sp³-hybridized carbons (Fsp3) is 0.0909. The van der Waals surface area contributed by atoms with Crippen LogP contribution in [0.4, 0.5) is 14.5 Å². The summed E-state index contributed by atoms with van der Waals surface area (Å²) < 4.78 is 54.3. The molecule has 2 rings (SSSR count). The van der Waals surface area contributed by atoms with Crippen LogP contribution in [0, 0.1) is 11.6 Å². The Labute approximate surface area is 121 Å². The first-order chi connectivity index (χ1) is 9.27. The Kier molecular flexibility index (Phi) is 4.11. The summed E-state index contributed by atoms with van der Waals surface area (Å²) in [5.41, 5.74) is -0.332. The molecule has 0 bridgehead atoms. The number of hydrogen-bond acceptors (Lipinski definition) is 4. The van der Waals surface area contributed by atoms with E-state index in [9.17, 15) is 17.2 Å². The lowest BCUT2D eigenvalue weighted by atomic mass is 10.3. The zero-order chi connectivity index (χ0) is 14.9. The third kappa shape index (κ3) is 3.35. The first-order valence-electron chi connectivity index (χ1n) is 5.27. The molecule has 0 spiro atoms. The van der Waals surface area contributed by atoms with Crippen molar-refractivity contribution in [2.75, 3.05) is 5.32 Å². The monoisotopic (exact) mass is 366 g/mol. The highest BCUT2D eigenvalue weighted by atomic mass is 79.9. The van der Waals surface area contributed by atoms with Crippen molar-refractivity contribution < 1.29 is 21.6 Å². The van der Waals surface area contributed by atoms with Gasteiger partial charge < -0.3 is 9.73 Å². The highest BCUT2D eigenvalue weighted by molar-refractivity contribution is 9.10. The second-order valence-corrected chi connectivity index (χ2v) is 6.27. The fourth-order valence-electron chi connectivity index (χ4n) is 1.49. The number of anilines is 1. The molecular weight excluding hydrogens is 358 g/mol. The molecule has 0 fully saturated rings. The Morgan fingerprint density at radius 1 is 1.25 bits per heavy atom. The first-order valence-corrected chi connectivity index (χ1v) is 7.61. The zero-order valence-corrected chi connectivity index (χ0v) is 12.3. The summed E-state index contributed by atoms with van der Waals surface area (Å²) in [6, 6.07) is 4.72. The highest BCUT2D eigenvalue weighted by Gasteiger charge is 2.14. The summed E-state index contributed by atoms with van der Waals surface area (Å²) in [4.78, 5) is 0. The molecule has 1 aromatic heterocycles. The molecule has 1 heterocycles. The van der Waals surface area contributed by atoms with Crippen molar-refractivity contribution in [1.29, 1.82) is 0 Å². The van der Waals surface area contributed by atoms with Crippen LogP contribution in [-0.2, 0) is 16.6 Å². The molecule has 3 N–H and O–H groups in total. The lowest BCUT2D eigenvalue weighted by molar-refractivity contribution is 0.419. The van der Waals surface area contributed by atoms with Gasteiger partial charge in [0, 0.05) is 4.47 Å². The summed E-state index contributed by atoms with van der Waals surface area (Å²) in [7, 11) is -3.94. The predicted molar refractivity (Wildman–Crippen MR) is 71.5 cm³/mol. The molecule has 0 aliphatic carbocycles. The maximum Gasteiger partial charge on any atom is 0.271 e. The summed E-state index contributed by atoms with van der Waals surface area (Å²) >= 11 is 2.96. The van der Waals surface area contributed by atoms with Crippen LogP contribution in [0.3, 0.4) is 0 Å². The van der Waals surface area contributed by atoms with E-state index in [-0.39, 0.29) is 22.5 Å². The van der Waals surface area contributed by atoms with Crippen molar-refractivity contribution in [2.24, 2.45) is 5.14 Å². The van der Waals surface area contributed by atoms with Crippen molar-refractivity contribution in [3.63, 3.8) is 0 Å². The van der Waals surface area contributed by atoms with Crippen molar-refractivity contribution in [1.82, 2.24) is 0 Å². The number of rotatable bonds is 4. The number of hydrogen-bond donors (Lipinski definition) is 2. The lowest BCUT2D eigenvalue weighted by Crippen LogP contribution is -2.11. The van der Waals surface area contributed by atoms with E-state index in [1.807, 2.05) is 0 Å². The van der Waals surface area contributed by atoms with Crippen LogP contribution >= 0.6 is 15.9 Å². The molecule has 108 valence electrons. The standard InChI is InChI=1S/C11H9BrF2N2O3S/c12-6-3-8(13)11(9(14)4-6)16-5-7-1-2-10(19-7)20(15,17)18/h1-4,16H,5H2,(H2,15,17,18). The van der Waals surface area contributed by atoms with Crippen LogP contribution in [0.1, 0.15) is 5.76 Å². The number of halogens is 3. The smallest absolute Gasteiger partial charge is 0.271 e. The van der Waals surface area contributed by atoms with Gasteiger partial charge in [0.05, 0.1) is 6.54 Å². The Morgan fingerprint density at radius 2 is 1.85 bits per heavy atom. The number of primary sulfonamides is 1. The summed E-state index contributed by atoms with van der Waals surface area (Å²) in [5.74, 6) is -1.39. The molecule has 0 amide bonds. The first kappa shape index (κ1) is 14.9. The van der Waals surface area contributed by atoms with Crippen LogP contribution in [0.25, 0.3) is 0 Å². The van der Waals surface area contributed by atoms with E-state index in [4.69, 9.17) is 9.56 Å². The quantitative estimate of drug-likeness (QED) is 0.870. The lowest BCUT2D eigenvalue weighted by Gasteiger charge is -2.07. The number of nitrogens with two attached hydrogens (primary N) is 1. The van der Waals surface area contributed by atoms with Crippen LogP contribution < -0.4 is 10.5 Å². The molecule has 1 aromatic carbocycles. The molecule has 20 heavy (non-hydrogen) atoms. The summed E-state index contributed by atoms with van der Waals surface area (Å²) in [5, 5.41) is 6.95. The average Bonchev–Trinajstić information content (AvgIpc) is 2.75. The third-order valence-corrected chi connectivity index (χ3v) is 3.60. The van der Waals surface area contributed by atoms with E-state index in [0.29, 0.717) is 0 Å². The minimum Gasteiger partial charge on any atom is -0.446 e. The predicted octanol–water partition coefficient (Wildman–Crippen LogP) is 2.58. The van der Waals surface area contributed by atoms with Gasteiger partial charge in [0.1, 0.15) is 23.1 Å². The van der Waals surface area contributed by atoms with Gasteiger partial charge in [-0.15, -0.1) is 0 Å². The maximum absolute atomic E-state index is 13.5. The van der Waals surface area contributed by atoms with E-state index in [1.54, 1.807) is 0 Å². The summed E-state index contributed by atoms with van der Waals surface area (Å²) in [6.07, 6.45) is 0. The van der Waals surface area contributed by atoms with Crippen LogP contribution in [0.5, 0.6) is 0 Å². The molecule has 0 saturated carbocycles. The second-order valence-electron chi connectivity index (χ2n) is 3.86. The molecule has 5 nitrogen and oxygen atoms in total. The van der Waals surface area contributed by atoms with Gasteiger partial charge in [-0.05, 0) is 24.3 Å². The largest absolute Gasteiger partial charge is 0.446 e. The molecule has 0 aliphatic heterocycles. The highest BCUT2D eigenvalue weighted by Crippen LogP contribution is 2.24. The fourth-order valence-corrected chi connectivity index (χ4v) is 2.38. The number of nitrogens with one attached hydrogen (secondary N) is 1. The van der Waals surface area contributed by atoms with Crippen molar-refractivity contribution >= 4 is 31.6 Å². The van der Waals surface area contributed by atoms with Gasteiger partial charge in [0.25, 0.3) is 10.0 Å². The number of sulfonamides is 1. The van der Waals surface area contributed by atoms with Crippen molar-refractivity contribution in [3.8, 4) is 0 Å².